The van der Waals surface area contributed by atoms with Gasteiger partial charge in [0.25, 0.3) is 5.91 Å². The van der Waals surface area contributed by atoms with E-state index in [4.69, 9.17) is 0 Å². The van der Waals surface area contributed by atoms with Gasteiger partial charge in [-0.1, -0.05) is 30.3 Å². The van der Waals surface area contributed by atoms with Crippen LogP contribution >= 0.6 is 27.7 Å². The van der Waals surface area contributed by atoms with Gasteiger partial charge < -0.3 is 5.32 Å². The fourth-order valence-electron chi connectivity index (χ4n) is 1.52. The van der Waals surface area contributed by atoms with Gasteiger partial charge in [0.05, 0.1) is 10.7 Å². The SMILES string of the molecule is O=C(NCCSCc1ccccc1)c1[nH]ncc1Br. The van der Waals surface area contributed by atoms with E-state index in [0.717, 1.165) is 11.5 Å². The van der Waals surface area contributed by atoms with Crippen LogP contribution in [0.3, 0.4) is 0 Å². The molecule has 0 saturated heterocycles. The molecule has 2 aromatic rings. The fourth-order valence-corrected chi connectivity index (χ4v) is 2.71. The molecule has 2 rings (SSSR count). The normalized spacial score (nSPS) is 10.4. The molecule has 100 valence electrons. The molecule has 4 nitrogen and oxygen atoms in total. The summed E-state index contributed by atoms with van der Waals surface area (Å²) in [7, 11) is 0. The van der Waals surface area contributed by atoms with Crippen LogP contribution in [0, 0.1) is 0 Å². The molecule has 0 saturated carbocycles. The number of amides is 1. The highest BCUT2D eigenvalue weighted by atomic mass is 79.9. The number of H-pyrrole nitrogens is 1. The van der Waals surface area contributed by atoms with Gasteiger partial charge in [-0.3, -0.25) is 9.89 Å². The summed E-state index contributed by atoms with van der Waals surface area (Å²) in [6.07, 6.45) is 1.57. The van der Waals surface area contributed by atoms with Crippen LogP contribution in [-0.4, -0.2) is 28.4 Å². The molecule has 0 aliphatic carbocycles. The van der Waals surface area contributed by atoms with Gasteiger partial charge in [0.1, 0.15) is 5.69 Å². The number of nitrogens with one attached hydrogen (secondary N) is 2. The van der Waals surface area contributed by atoms with Crippen LogP contribution in [0.25, 0.3) is 0 Å². The lowest BCUT2D eigenvalue weighted by molar-refractivity contribution is 0.0950. The van der Waals surface area contributed by atoms with Gasteiger partial charge in [-0.25, -0.2) is 0 Å². The van der Waals surface area contributed by atoms with E-state index in [1.807, 2.05) is 18.2 Å². The number of carbonyl (C=O) groups excluding carboxylic acids is 1. The topological polar surface area (TPSA) is 57.8 Å². The maximum atomic E-state index is 11.7. The summed E-state index contributed by atoms with van der Waals surface area (Å²) in [5, 5.41) is 9.30. The lowest BCUT2D eigenvalue weighted by Gasteiger charge is -2.04. The van der Waals surface area contributed by atoms with Gasteiger partial charge in [-0.05, 0) is 21.5 Å². The van der Waals surface area contributed by atoms with Crippen molar-refractivity contribution in [3.8, 4) is 0 Å². The third-order valence-corrected chi connectivity index (χ3v) is 4.10. The van der Waals surface area contributed by atoms with Crippen LogP contribution in [0.2, 0.25) is 0 Å². The van der Waals surface area contributed by atoms with Crippen molar-refractivity contribution in [2.24, 2.45) is 0 Å². The van der Waals surface area contributed by atoms with Crippen LogP contribution < -0.4 is 5.32 Å². The number of hydrogen-bond acceptors (Lipinski definition) is 3. The molecule has 0 atom stereocenters. The van der Waals surface area contributed by atoms with Crippen LogP contribution in [0.1, 0.15) is 16.1 Å². The second kappa shape index (κ2) is 7.35. The molecular formula is C13H14BrN3OS. The Morgan fingerprint density at radius 1 is 1.37 bits per heavy atom. The van der Waals surface area contributed by atoms with Crippen molar-refractivity contribution in [1.29, 1.82) is 0 Å². The average Bonchev–Trinajstić information content (AvgIpc) is 2.86. The van der Waals surface area contributed by atoms with Crippen molar-refractivity contribution < 1.29 is 4.79 Å². The molecule has 0 aliphatic rings. The highest BCUT2D eigenvalue weighted by Gasteiger charge is 2.10. The Bertz CT molecular complexity index is 530. The summed E-state index contributed by atoms with van der Waals surface area (Å²) in [6.45, 7) is 0.641. The molecule has 0 fully saturated rings. The zero-order valence-corrected chi connectivity index (χ0v) is 12.6. The van der Waals surface area contributed by atoms with Gasteiger partial charge in [0.2, 0.25) is 0 Å². The molecule has 1 aromatic carbocycles. The third kappa shape index (κ3) is 4.40. The molecule has 6 heteroatoms. The van der Waals surface area contributed by atoms with Crippen LogP contribution in [0.4, 0.5) is 0 Å². The number of nitrogens with zero attached hydrogens (tertiary/aromatic N) is 1. The molecule has 0 aliphatic heterocycles. The fraction of sp³-hybridized carbons (Fsp3) is 0.231. The van der Waals surface area contributed by atoms with Gasteiger partial charge in [-0.2, -0.15) is 16.9 Å². The summed E-state index contributed by atoms with van der Waals surface area (Å²) in [6, 6.07) is 10.3. The lowest BCUT2D eigenvalue weighted by atomic mass is 10.2. The van der Waals surface area contributed by atoms with Crippen molar-refractivity contribution in [3.05, 3.63) is 52.3 Å². The first-order chi connectivity index (χ1) is 9.27. The van der Waals surface area contributed by atoms with Gasteiger partial charge in [-0.15, -0.1) is 0 Å². The first-order valence-corrected chi connectivity index (χ1v) is 7.81. The summed E-state index contributed by atoms with van der Waals surface area (Å²) in [5.41, 5.74) is 1.77. The van der Waals surface area contributed by atoms with Gasteiger partial charge in [0.15, 0.2) is 0 Å². The Balaban J connectivity index is 1.65. The summed E-state index contributed by atoms with van der Waals surface area (Å²) in [4.78, 5) is 11.7. The largest absolute Gasteiger partial charge is 0.350 e. The Morgan fingerprint density at radius 2 is 2.16 bits per heavy atom. The molecule has 1 amide bonds. The second-order valence-electron chi connectivity index (χ2n) is 3.89. The highest BCUT2D eigenvalue weighted by molar-refractivity contribution is 9.10. The standard InChI is InChI=1S/C13H14BrN3OS/c14-11-8-16-17-12(11)13(18)15-6-7-19-9-10-4-2-1-3-5-10/h1-5,8H,6-7,9H2,(H,15,18)(H,16,17). The predicted molar refractivity (Wildman–Crippen MR) is 81.2 cm³/mol. The van der Waals surface area contributed by atoms with Crippen molar-refractivity contribution in [2.75, 3.05) is 12.3 Å². The van der Waals surface area contributed by atoms with Crippen molar-refractivity contribution in [2.45, 2.75) is 5.75 Å². The van der Waals surface area contributed by atoms with Crippen molar-refractivity contribution >= 4 is 33.6 Å². The minimum absolute atomic E-state index is 0.135. The molecule has 0 bridgehead atoms. The monoisotopic (exact) mass is 339 g/mol. The Hall–Kier alpha value is -1.27. The number of rotatable bonds is 6. The highest BCUT2D eigenvalue weighted by Crippen LogP contribution is 2.13. The van der Waals surface area contributed by atoms with Gasteiger partial charge >= 0.3 is 0 Å². The summed E-state index contributed by atoms with van der Waals surface area (Å²) >= 11 is 5.06. The molecule has 2 N–H and O–H groups in total. The molecule has 0 unspecified atom stereocenters. The Labute approximate surface area is 124 Å². The molecule has 1 heterocycles. The molecule has 19 heavy (non-hydrogen) atoms. The zero-order chi connectivity index (χ0) is 13.5. The van der Waals surface area contributed by atoms with Crippen molar-refractivity contribution in [3.63, 3.8) is 0 Å². The maximum absolute atomic E-state index is 11.7. The third-order valence-electron chi connectivity index (χ3n) is 2.46. The quantitative estimate of drug-likeness (QED) is 0.795. The van der Waals surface area contributed by atoms with Crippen molar-refractivity contribution in [1.82, 2.24) is 15.5 Å². The van der Waals surface area contributed by atoms with E-state index in [1.165, 1.54) is 5.56 Å². The maximum Gasteiger partial charge on any atom is 0.270 e. The van der Waals surface area contributed by atoms with E-state index in [9.17, 15) is 4.79 Å². The lowest BCUT2D eigenvalue weighted by Crippen LogP contribution is -2.26. The Kier molecular flexibility index (Phi) is 5.47. The van der Waals surface area contributed by atoms with E-state index in [-0.39, 0.29) is 5.91 Å². The van der Waals surface area contributed by atoms with Crippen LogP contribution in [-0.2, 0) is 5.75 Å². The van der Waals surface area contributed by atoms with Crippen LogP contribution in [0.5, 0.6) is 0 Å². The minimum atomic E-state index is -0.135. The molecule has 0 spiro atoms. The van der Waals surface area contributed by atoms with E-state index >= 15 is 0 Å². The van der Waals surface area contributed by atoms with E-state index in [2.05, 4.69) is 43.6 Å². The van der Waals surface area contributed by atoms with E-state index in [1.54, 1.807) is 18.0 Å². The van der Waals surface area contributed by atoms with Gasteiger partial charge in [0, 0.05) is 18.1 Å². The van der Waals surface area contributed by atoms with E-state index < -0.39 is 0 Å². The molecule has 0 radical (unpaired) electrons. The second-order valence-corrected chi connectivity index (χ2v) is 5.85. The number of carbonyl (C=O) groups is 1. The number of halogens is 1. The first kappa shape index (κ1) is 14.1. The number of aromatic amines is 1. The Morgan fingerprint density at radius 3 is 2.84 bits per heavy atom. The number of aromatic nitrogens is 2. The zero-order valence-electron chi connectivity index (χ0n) is 10.2. The summed E-state index contributed by atoms with van der Waals surface area (Å²) < 4.78 is 0.682. The number of hydrogen-bond donors (Lipinski definition) is 2. The van der Waals surface area contributed by atoms with Crippen LogP contribution in [0.15, 0.2) is 41.0 Å². The average molecular weight is 340 g/mol. The smallest absolute Gasteiger partial charge is 0.270 e. The van der Waals surface area contributed by atoms with E-state index in [0.29, 0.717) is 16.7 Å². The summed E-state index contributed by atoms with van der Waals surface area (Å²) in [5.74, 6) is 1.71. The minimum Gasteiger partial charge on any atom is -0.350 e. The predicted octanol–water partition coefficient (Wildman–Crippen LogP) is 2.84. The number of benzene rings is 1. The molecule has 1 aromatic heterocycles. The first-order valence-electron chi connectivity index (χ1n) is 5.86. The number of thioether (sulfide) groups is 1. The molecular weight excluding hydrogens is 326 g/mol.